The molecule has 0 aliphatic rings. The van der Waals surface area contributed by atoms with E-state index in [0.717, 1.165) is 16.2 Å². The van der Waals surface area contributed by atoms with Crippen LogP contribution in [0.5, 0.6) is 11.5 Å². The normalized spacial score (nSPS) is 11.7. The SMILES string of the molecule is CCCn1c(COC(=O)c2c(OC)cccc2OC)nc2cc(S(=O)(=O)N(C)C)ccc21. The van der Waals surface area contributed by atoms with Gasteiger partial charge >= 0.3 is 5.97 Å². The minimum atomic E-state index is -3.59. The molecule has 9 nitrogen and oxygen atoms in total. The van der Waals surface area contributed by atoms with E-state index in [9.17, 15) is 13.2 Å². The monoisotopic (exact) mass is 461 g/mol. The van der Waals surface area contributed by atoms with Crippen LogP contribution in [0.4, 0.5) is 0 Å². The van der Waals surface area contributed by atoms with Crippen LogP contribution in [-0.4, -0.2) is 56.6 Å². The van der Waals surface area contributed by atoms with Gasteiger partial charge in [0.15, 0.2) is 0 Å². The summed E-state index contributed by atoms with van der Waals surface area (Å²) in [7, 11) is 2.29. The molecule has 0 bridgehead atoms. The molecule has 0 saturated carbocycles. The van der Waals surface area contributed by atoms with Crippen LogP contribution in [0.25, 0.3) is 11.0 Å². The van der Waals surface area contributed by atoms with Crippen LogP contribution in [0.15, 0.2) is 41.3 Å². The maximum atomic E-state index is 12.8. The number of sulfonamides is 1. The number of nitrogens with zero attached hydrogens (tertiary/aromatic N) is 3. The number of imidazole rings is 1. The molecule has 0 atom stereocenters. The van der Waals surface area contributed by atoms with Gasteiger partial charge in [-0.3, -0.25) is 0 Å². The molecule has 0 amide bonds. The van der Waals surface area contributed by atoms with Crippen molar-refractivity contribution >= 4 is 27.0 Å². The molecule has 0 unspecified atom stereocenters. The van der Waals surface area contributed by atoms with Gasteiger partial charge in [-0.25, -0.2) is 22.5 Å². The van der Waals surface area contributed by atoms with Gasteiger partial charge < -0.3 is 18.8 Å². The zero-order valence-electron chi connectivity index (χ0n) is 18.8. The molecule has 3 rings (SSSR count). The number of ether oxygens (including phenoxy) is 3. The van der Waals surface area contributed by atoms with E-state index in [4.69, 9.17) is 14.2 Å². The molecule has 2 aromatic carbocycles. The maximum absolute atomic E-state index is 12.8. The van der Waals surface area contributed by atoms with Gasteiger partial charge in [-0.15, -0.1) is 0 Å². The molecule has 0 aliphatic carbocycles. The third-order valence-electron chi connectivity index (χ3n) is 4.99. The number of aryl methyl sites for hydroxylation is 1. The van der Waals surface area contributed by atoms with Crippen LogP contribution in [0.2, 0.25) is 0 Å². The van der Waals surface area contributed by atoms with Crippen molar-refractivity contribution in [2.24, 2.45) is 0 Å². The Bertz CT molecular complexity index is 1210. The summed E-state index contributed by atoms with van der Waals surface area (Å²) in [5.41, 5.74) is 1.47. The lowest BCUT2D eigenvalue weighted by atomic mass is 10.2. The van der Waals surface area contributed by atoms with E-state index in [1.807, 2.05) is 11.5 Å². The molecule has 3 aromatic rings. The predicted molar refractivity (Wildman–Crippen MR) is 120 cm³/mol. The van der Waals surface area contributed by atoms with Crippen molar-refractivity contribution in [1.29, 1.82) is 0 Å². The van der Waals surface area contributed by atoms with Crippen LogP contribution in [0.3, 0.4) is 0 Å². The fraction of sp³-hybridized carbons (Fsp3) is 0.364. The van der Waals surface area contributed by atoms with Crippen molar-refractivity contribution in [1.82, 2.24) is 13.9 Å². The molecule has 0 fully saturated rings. The lowest BCUT2D eigenvalue weighted by Gasteiger charge is -2.13. The third kappa shape index (κ3) is 4.42. The van der Waals surface area contributed by atoms with Crippen LogP contribution >= 0.6 is 0 Å². The van der Waals surface area contributed by atoms with Gasteiger partial charge in [0, 0.05) is 20.6 Å². The Balaban J connectivity index is 1.95. The molecule has 10 heteroatoms. The second-order valence-electron chi connectivity index (χ2n) is 7.23. The average Bonchev–Trinajstić information content (AvgIpc) is 3.13. The summed E-state index contributed by atoms with van der Waals surface area (Å²) in [6.45, 7) is 2.57. The Kier molecular flexibility index (Phi) is 7.05. The first-order chi connectivity index (χ1) is 15.2. The minimum Gasteiger partial charge on any atom is -0.496 e. The number of carbonyl (C=O) groups excluding carboxylic acids is 1. The molecule has 0 saturated heterocycles. The van der Waals surface area contributed by atoms with Crippen LogP contribution in [-0.2, 0) is 27.9 Å². The van der Waals surface area contributed by atoms with Gasteiger partial charge in [-0.1, -0.05) is 13.0 Å². The number of aromatic nitrogens is 2. The topological polar surface area (TPSA) is 100.0 Å². The number of esters is 1. The smallest absolute Gasteiger partial charge is 0.346 e. The summed E-state index contributed by atoms with van der Waals surface area (Å²) in [5, 5.41) is 0. The second kappa shape index (κ2) is 9.58. The van der Waals surface area contributed by atoms with E-state index in [0.29, 0.717) is 29.4 Å². The molecule has 32 heavy (non-hydrogen) atoms. The maximum Gasteiger partial charge on any atom is 0.346 e. The van der Waals surface area contributed by atoms with Crippen molar-refractivity contribution < 1.29 is 27.4 Å². The van der Waals surface area contributed by atoms with E-state index >= 15 is 0 Å². The number of carbonyl (C=O) groups is 1. The number of hydrogen-bond donors (Lipinski definition) is 0. The molecular formula is C22H27N3O6S. The van der Waals surface area contributed by atoms with E-state index in [1.54, 1.807) is 30.3 Å². The first-order valence-electron chi connectivity index (χ1n) is 10.0. The quantitative estimate of drug-likeness (QED) is 0.452. The molecule has 0 N–H and O–H groups in total. The lowest BCUT2D eigenvalue weighted by molar-refractivity contribution is 0.0451. The Morgan fingerprint density at radius 1 is 1.09 bits per heavy atom. The Hall–Kier alpha value is -3.11. The summed E-state index contributed by atoms with van der Waals surface area (Å²) < 4.78 is 44.1. The lowest BCUT2D eigenvalue weighted by Crippen LogP contribution is -2.22. The highest BCUT2D eigenvalue weighted by Gasteiger charge is 2.22. The highest BCUT2D eigenvalue weighted by Crippen LogP contribution is 2.29. The number of hydrogen-bond acceptors (Lipinski definition) is 7. The number of fused-ring (bicyclic) bond motifs is 1. The Labute approximate surface area is 187 Å². The molecule has 0 spiro atoms. The minimum absolute atomic E-state index is 0.0928. The fourth-order valence-electron chi connectivity index (χ4n) is 3.37. The van der Waals surface area contributed by atoms with Gasteiger partial charge in [0.1, 0.15) is 29.5 Å². The van der Waals surface area contributed by atoms with E-state index < -0.39 is 16.0 Å². The van der Waals surface area contributed by atoms with Crippen molar-refractivity contribution in [2.45, 2.75) is 31.4 Å². The van der Waals surface area contributed by atoms with Crippen LogP contribution < -0.4 is 9.47 Å². The highest BCUT2D eigenvalue weighted by molar-refractivity contribution is 7.89. The van der Waals surface area contributed by atoms with Gasteiger partial charge in [-0.05, 0) is 36.8 Å². The number of rotatable bonds is 9. The molecule has 1 heterocycles. The molecule has 0 radical (unpaired) electrons. The van der Waals surface area contributed by atoms with Gasteiger partial charge in [0.05, 0.1) is 30.1 Å². The number of benzene rings is 2. The zero-order chi connectivity index (χ0) is 23.5. The molecule has 1 aromatic heterocycles. The van der Waals surface area contributed by atoms with Crippen LogP contribution in [0.1, 0.15) is 29.5 Å². The van der Waals surface area contributed by atoms with Crippen molar-refractivity contribution in [3.8, 4) is 11.5 Å². The van der Waals surface area contributed by atoms with Gasteiger partial charge in [0.25, 0.3) is 0 Å². The molecular weight excluding hydrogens is 434 g/mol. The Morgan fingerprint density at radius 2 is 1.75 bits per heavy atom. The van der Waals surface area contributed by atoms with Crippen molar-refractivity contribution in [3.63, 3.8) is 0 Å². The summed E-state index contributed by atoms with van der Waals surface area (Å²) in [5.74, 6) is 0.596. The fourth-order valence-corrected chi connectivity index (χ4v) is 4.29. The van der Waals surface area contributed by atoms with E-state index in [2.05, 4.69) is 4.98 Å². The van der Waals surface area contributed by atoms with Gasteiger partial charge in [0.2, 0.25) is 10.0 Å². The summed E-state index contributed by atoms with van der Waals surface area (Å²) >= 11 is 0. The largest absolute Gasteiger partial charge is 0.496 e. The van der Waals surface area contributed by atoms with Crippen molar-refractivity contribution in [2.75, 3.05) is 28.3 Å². The summed E-state index contributed by atoms with van der Waals surface area (Å²) in [6, 6.07) is 9.83. The van der Waals surface area contributed by atoms with E-state index in [-0.39, 0.29) is 17.1 Å². The zero-order valence-corrected chi connectivity index (χ0v) is 19.6. The second-order valence-corrected chi connectivity index (χ2v) is 9.38. The third-order valence-corrected chi connectivity index (χ3v) is 6.80. The van der Waals surface area contributed by atoms with Gasteiger partial charge in [-0.2, -0.15) is 0 Å². The van der Waals surface area contributed by atoms with Crippen molar-refractivity contribution in [3.05, 3.63) is 47.8 Å². The first kappa shape index (κ1) is 23.6. The number of methoxy groups -OCH3 is 2. The molecule has 172 valence electrons. The first-order valence-corrected chi connectivity index (χ1v) is 11.5. The predicted octanol–water partition coefficient (Wildman–Crippen LogP) is 3.07. The highest BCUT2D eigenvalue weighted by atomic mass is 32.2. The molecule has 0 aliphatic heterocycles. The summed E-state index contributed by atoms with van der Waals surface area (Å²) in [4.78, 5) is 17.5. The average molecular weight is 462 g/mol. The van der Waals surface area contributed by atoms with Crippen LogP contribution in [0, 0.1) is 0 Å². The Morgan fingerprint density at radius 3 is 2.31 bits per heavy atom. The summed E-state index contributed by atoms with van der Waals surface area (Å²) in [6.07, 6.45) is 0.824. The standard InChI is InChI=1S/C22H27N3O6S/c1-6-12-25-17-11-10-15(32(27,28)24(2)3)13-16(17)23-20(25)14-31-22(26)21-18(29-4)8-7-9-19(21)30-5/h7-11,13H,6,12,14H2,1-5H3. The van der Waals surface area contributed by atoms with E-state index in [1.165, 1.54) is 34.4 Å².